The van der Waals surface area contributed by atoms with Crippen LogP contribution in [0.4, 0.5) is 4.39 Å². The third-order valence-corrected chi connectivity index (χ3v) is 16.0. The highest BCUT2D eigenvalue weighted by molar-refractivity contribution is 6.33. The summed E-state index contributed by atoms with van der Waals surface area (Å²) in [6.45, 7) is 31.3. The number of hydrogen-bond acceptors (Lipinski definition) is 3. The zero-order valence-corrected chi connectivity index (χ0v) is 60.5. The Kier molecular flexibility index (Phi) is 33.0. The van der Waals surface area contributed by atoms with E-state index in [9.17, 15) is 4.39 Å². The van der Waals surface area contributed by atoms with Crippen LogP contribution in [-0.2, 0) is 25.7 Å². The Hall–Kier alpha value is -8.54. The van der Waals surface area contributed by atoms with Crippen molar-refractivity contribution in [2.45, 2.75) is 122 Å². The van der Waals surface area contributed by atoms with Crippen LogP contribution in [0.5, 0.6) is 5.75 Å². The minimum atomic E-state index is -0.0972. The van der Waals surface area contributed by atoms with Crippen molar-refractivity contribution in [3.63, 3.8) is 0 Å². The molecule has 6 heteroatoms. The number of aromatic nitrogens is 1. The molecule has 0 unspecified atom stereocenters. The highest BCUT2D eigenvalue weighted by Crippen LogP contribution is 2.31. The van der Waals surface area contributed by atoms with Gasteiger partial charge in [-0.2, -0.15) is 0 Å². The van der Waals surface area contributed by atoms with E-state index in [0.717, 1.165) is 106 Å². The molecule has 0 amide bonds. The molecule has 11 rings (SSSR count). The number of hydrogen-bond donors (Lipinski definition) is 1. The summed E-state index contributed by atoms with van der Waals surface area (Å²) >= 11 is 12.1. The fourth-order valence-corrected chi connectivity index (χ4v) is 11.1. The molecule has 1 N–H and O–H groups in total. The zero-order valence-electron chi connectivity index (χ0n) is 59.0. The van der Waals surface area contributed by atoms with Gasteiger partial charge in [0, 0.05) is 38.8 Å². The van der Waals surface area contributed by atoms with Crippen LogP contribution < -0.4 is 10.1 Å². The summed E-state index contributed by atoms with van der Waals surface area (Å²) in [7, 11) is 0. The van der Waals surface area contributed by atoms with E-state index in [2.05, 4.69) is 233 Å². The summed E-state index contributed by atoms with van der Waals surface area (Å²) in [6.07, 6.45) is 12.6. The molecule has 0 fully saturated rings. The van der Waals surface area contributed by atoms with Crippen molar-refractivity contribution >= 4 is 28.9 Å². The van der Waals surface area contributed by atoms with E-state index in [1.54, 1.807) is 6.07 Å². The van der Waals surface area contributed by atoms with Crippen molar-refractivity contribution in [3.05, 3.63) is 329 Å². The Morgan fingerprint density at radius 2 is 0.854 bits per heavy atom. The van der Waals surface area contributed by atoms with Crippen molar-refractivity contribution in [1.29, 1.82) is 0 Å². The first-order valence-corrected chi connectivity index (χ1v) is 35.1. The Morgan fingerprint density at radius 3 is 1.33 bits per heavy atom. The Balaban J connectivity index is 0.000000183. The normalized spacial score (nSPS) is 11.5. The maximum Gasteiger partial charge on any atom is 0.127 e. The standard InChI is InChI=1S/C16H17Cl.C16H17F.C16H19N.C16H18.C15H17N.C11H15ClO/c1-12(2)10-13-8-9-15(16(17)11-13)14-6-4-3-5-7-14;1-12(2)10-15-9-8-14(11-16(15)17)13-6-4-3-5-7-13;1-12(2)11-15-9-10-16(17-13(15)3)14-7-5-4-6-8-14;1-13(2)12-14-8-10-16(11-9-14)15-6-4-3-5-7-15;1-12(2)10-13-8-9-15(16-11-13)14-6-4-3-5-7-14;1-9(2)7-8-13-11-5-3-10(12)4-6-11/h2*3-9,11-12H,10H2,1-2H3;4-10,12,17H,3,11H2,1-2H3;3-11,13H,12H2,1-2H3;3-9,11-12H,10H2,1-2H3;3-6,9H,7-8H2,1-2H3. The molecule has 10 aromatic rings. The summed E-state index contributed by atoms with van der Waals surface area (Å²) in [5.74, 6) is 4.69. The van der Waals surface area contributed by atoms with Gasteiger partial charge in [0.1, 0.15) is 11.6 Å². The van der Waals surface area contributed by atoms with Crippen LogP contribution in [0.2, 0.25) is 10.0 Å². The van der Waals surface area contributed by atoms with Gasteiger partial charge in [-0.3, -0.25) is 4.98 Å². The first kappa shape index (κ1) is 76.5. The molecule has 0 atom stereocenters. The summed E-state index contributed by atoms with van der Waals surface area (Å²) in [4.78, 5) is 4.50. The Morgan fingerprint density at radius 1 is 0.406 bits per heavy atom. The molecular formula is C90H103Cl2FN2O. The van der Waals surface area contributed by atoms with E-state index >= 15 is 0 Å². The molecule has 500 valence electrons. The second kappa shape index (κ2) is 41.4. The topological polar surface area (TPSA) is 34.1 Å². The minimum Gasteiger partial charge on any atom is -0.494 e. The lowest BCUT2D eigenvalue weighted by atomic mass is 9.97. The van der Waals surface area contributed by atoms with Crippen LogP contribution in [0.25, 0.3) is 50.3 Å². The maximum atomic E-state index is 13.9. The smallest absolute Gasteiger partial charge is 0.127 e. The van der Waals surface area contributed by atoms with Gasteiger partial charge in [-0.15, -0.1) is 0 Å². The molecule has 0 spiro atoms. The van der Waals surface area contributed by atoms with Crippen LogP contribution in [-0.4, -0.2) is 11.6 Å². The van der Waals surface area contributed by atoms with E-state index in [4.69, 9.17) is 27.9 Å². The SMILES string of the molecule is C=C1NC(c2ccccc2)=CC=C1CC(C)C.CC(C)CCOc1ccc(Cl)cc1.CC(C)Cc1ccc(-c2ccccc2)c(Cl)c1.CC(C)Cc1ccc(-c2ccccc2)cc1.CC(C)Cc1ccc(-c2ccccc2)cc1F.CC(C)Cc1ccc(-c2ccccc2)nc1. The van der Waals surface area contributed by atoms with E-state index in [1.165, 1.54) is 50.1 Å². The van der Waals surface area contributed by atoms with Crippen molar-refractivity contribution < 1.29 is 9.13 Å². The molecule has 1 aliphatic rings. The summed E-state index contributed by atoms with van der Waals surface area (Å²) < 4.78 is 19.4. The number of nitrogens with one attached hydrogen (secondary N) is 1. The van der Waals surface area contributed by atoms with Crippen LogP contribution in [0, 0.1) is 41.3 Å². The lowest BCUT2D eigenvalue weighted by molar-refractivity contribution is 0.289. The first-order chi connectivity index (χ1) is 46.2. The number of ether oxygens (including phenoxy) is 1. The molecule has 0 saturated heterocycles. The molecule has 0 aliphatic carbocycles. The lowest BCUT2D eigenvalue weighted by Gasteiger charge is -2.21. The van der Waals surface area contributed by atoms with Gasteiger partial charge in [-0.25, -0.2) is 4.39 Å². The third-order valence-electron chi connectivity index (χ3n) is 15.4. The van der Waals surface area contributed by atoms with Gasteiger partial charge in [0.2, 0.25) is 0 Å². The average molecular weight is 1320 g/mol. The zero-order chi connectivity index (χ0) is 69.2. The fourth-order valence-electron chi connectivity index (χ4n) is 10.6. The quantitative estimate of drug-likeness (QED) is 0.0876. The Labute approximate surface area is 587 Å². The number of nitrogens with zero attached hydrogens (tertiary/aromatic N) is 1. The molecule has 0 radical (unpaired) electrons. The predicted molar refractivity (Wildman–Crippen MR) is 415 cm³/mol. The highest BCUT2D eigenvalue weighted by atomic mass is 35.5. The predicted octanol–water partition coefficient (Wildman–Crippen LogP) is 26.3. The number of pyridine rings is 1. The number of dihydropyridines is 1. The van der Waals surface area contributed by atoms with Gasteiger partial charge in [0.15, 0.2) is 0 Å². The molecule has 1 aromatic heterocycles. The van der Waals surface area contributed by atoms with Crippen molar-refractivity contribution in [2.75, 3.05) is 6.61 Å². The van der Waals surface area contributed by atoms with Gasteiger partial charge in [0.05, 0.1) is 12.3 Å². The summed E-state index contributed by atoms with van der Waals surface area (Å²) in [6, 6.07) is 83.9. The van der Waals surface area contributed by atoms with Gasteiger partial charge in [0.25, 0.3) is 0 Å². The summed E-state index contributed by atoms with van der Waals surface area (Å²) in [5, 5.41) is 4.97. The van der Waals surface area contributed by atoms with E-state index in [1.807, 2.05) is 128 Å². The molecule has 3 nitrogen and oxygen atoms in total. The largest absolute Gasteiger partial charge is 0.494 e. The minimum absolute atomic E-state index is 0.0972. The monoisotopic (exact) mass is 1320 g/mol. The van der Waals surface area contributed by atoms with Gasteiger partial charge in [-0.05, 0) is 184 Å². The van der Waals surface area contributed by atoms with E-state index in [-0.39, 0.29) is 5.82 Å². The summed E-state index contributed by atoms with van der Waals surface area (Å²) in [5.41, 5.74) is 18.6. The first-order valence-electron chi connectivity index (χ1n) is 34.3. The van der Waals surface area contributed by atoms with Crippen LogP contribution >= 0.6 is 23.2 Å². The maximum absolute atomic E-state index is 13.9. The molecule has 1 aliphatic heterocycles. The van der Waals surface area contributed by atoms with Crippen LogP contribution in [0.1, 0.15) is 124 Å². The lowest BCUT2D eigenvalue weighted by Crippen LogP contribution is -2.16. The van der Waals surface area contributed by atoms with Gasteiger partial charge >= 0.3 is 0 Å². The second-order valence-corrected chi connectivity index (χ2v) is 27.9. The fraction of sp³-hybridized carbons (Fsp3) is 0.278. The van der Waals surface area contributed by atoms with Crippen molar-refractivity contribution in [3.8, 4) is 50.4 Å². The highest BCUT2D eigenvalue weighted by Gasteiger charge is 2.13. The molecule has 2 heterocycles. The number of benzene rings is 9. The second-order valence-electron chi connectivity index (χ2n) is 27.0. The van der Waals surface area contributed by atoms with E-state index in [0.29, 0.717) is 29.6 Å². The molecule has 0 bridgehead atoms. The van der Waals surface area contributed by atoms with Crippen LogP contribution in [0.15, 0.2) is 285 Å². The molecule has 9 aromatic carbocycles. The molecule has 96 heavy (non-hydrogen) atoms. The average Bonchev–Trinajstić information content (AvgIpc) is 0.915. The Bertz CT molecular complexity index is 3770. The molecule has 0 saturated carbocycles. The van der Waals surface area contributed by atoms with Crippen molar-refractivity contribution in [1.82, 2.24) is 10.3 Å². The van der Waals surface area contributed by atoms with Crippen LogP contribution in [0.3, 0.4) is 0 Å². The third kappa shape index (κ3) is 28.4. The number of allylic oxidation sites excluding steroid dienone is 3. The van der Waals surface area contributed by atoms with E-state index < -0.39 is 0 Å². The van der Waals surface area contributed by atoms with Gasteiger partial charge in [-0.1, -0.05) is 325 Å². The van der Waals surface area contributed by atoms with Crippen molar-refractivity contribution in [2.24, 2.45) is 35.5 Å². The number of rotatable bonds is 19. The molecular weight excluding hydrogens is 1210 g/mol. The number of halogens is 3. The van der Waals surface area contributed by atoms with Gasteiger partial charge < -0.3 is 10.1 Å².